The Balaban J connectivity index is 2.14. The zero-order valence-corrected chi connectivity index (χ0v) is 9.59. The molecule has 0 saturated heterocycles. The maximum atomic E-state index is 12.7. The van der Waals surface area contributed by atoms with Gasteiger partial charge in [0.2, 0.25) is 0 Å². The molecule has 1 aliphatic carbocycles. The van der Waals surface area contributed by atoms with Crippen LogP contribution in [-0.4, -0.2) is 11.0 Å². The lowest BCUT2D eigenvalue weighted by Gasteiger charge is -2.32. The third kappa shape index (κ3) is 2.70. The van der Waals surface area contributed by atoms with Crippen molar-refractivity contribution in [3.8, 4) is 0 Å². The molecule has 0 aliphatic heterocycles. The van der Waals surface area contributed by atoms with Crippen LogP contribution in [0.25, 0.3) is 0 Å². The highest BCUT2D eigenvalue weighted by molar-refractivity contribution is 5.46. The SMILES string of the molecule is CC(Nc1ncccc1C(F)(F)F)C1CCC1. The Bertz CT molecular complexity index is 386. The Hall–Kier alpha value is -1.26. The summed E-state index contributed by atoms with van der Waals surface area (Å²) < 4.78 is 38.1. The molecule has 1 saturated carbocycles. The van der Waals surface area contributed by atoms with E-state index in [0.717, 1.165) is 18.9 Å². The number of pyridine rings is 1. The minimum atomic E-state index is -4.35. The quantitative estimate of drug-likeness (QED) is 0.876. The van der Waals surface area contributed by atoms with Gasteiger partial charge >= 0.3 is 6.18 Å². The van der Waals surface area contributed by atoms with Crippen molar-refractivity contribution in [2.75, 3.05) is 5.32 Å². The summed E-state index contributed by atoms with van der Waals surface area (Å²) >= 11 is 0. The monoisotopic (exact) mass is 244 g/mol. The average molecular weight is 244 g/mol. The van der Waals surface area contributed by atoms with E-state index >= 15 is 0 Å². The zero-order valence-electron chi connectivity index (χ0n) is 9.59. The molecule has 1 N–H and O–H groups in total. The van der Waals surface area contributed by atoms with Crippen LogP contribution in [0.3, 0.4) is 0 Å². The number of nitrogens with one attached hydrogen (secondary N) is 1. The van der Waals surface area contributed by atoms with Crippen molar-refractivity contribution in [3.05, 3.63) is 23.9 Å². The standard InChI is InChI=1S/C12H15F3N2/c1-8(9-4-2-5-9)17-11-10(12(13,14)15)6-3-7-16-11/h3,6-9H,2,4-5H2,1H3,(H,16,17). The number of rotatable bonds is 3. The van der Waals surface area contributed by atoms with Crippen molar-refractivity contribution in [1.82, 2.24) is 4.98 Å². The number of hydrogen-bond donors (Lipinski definition) is 1. The van der Waals surface area contributed by atoms with E-state index in [1.165, 1.54) is 18.7 Å². The third-order valence-electron chi connectivity index (χ3n) is 3.33. The minimum absolute atomic E-state index is 0.0414. The summed E-state index contributed by atoms with van der Waals surface area (Å²) in [5.74, 6) is 0.414. The molecule has 1 unspecified atom stereocenters. The van der Waals surface area contributed by atoms with Crippen LogP contribution in [0, 0.1) is 5.92 Å². The highest BCUT2D eigenvalue weighted by Gasteiger charge is 2.35. The number of nitrogens with zero attached hydrogens (tertiary/aromatic N) is 1. The van der Waals surface area contributed by atoms with Gasteiger partial charge in [-0.1, -0.05) is 6.42 Å². The van der Waals surface area contributed by atoms with Gasteiger partial charge in [0.25, 0.3) is 0 Å². The van der Waals surface area contributed by atoms with E-state index in [2.05, 4.69) is 10.3 Å². The van der Waals surface area contributed by atoms with E-state index in [0.29, 0.717) is 5.92 Å². The van der Waals surface area contributed by atoms with Gasteiger partial charge in [-0.05, 0) is 37.8 Å². The van der Waals surface area contributed by atoms with Crippen LogP contribution in [0.2, 0.25) is 0 Å². The second-order valence-electron chi connectivity index (χ2n) is 4.52. The van der Waals surface area contributed by atoms with Crippen molar-refractivity contribution in [2.45, 2.75) is 38.4 Å². The summed E-state index contributed by atoms with van der Waals surface area (Å²) in [4.78, 5) is 3.79. The fourth-order valence-corrected chi connectivity index (χ4v) is 2.02. The van der Waals surface area contributed by atoms with Gasteiger partial charge in [-0.25, -0.2) is 4.98 Å². The van der Waals surface area contributed by atoms with Gasteiger partial charge in [0, 0.05) is 12.2 Å². The van der Waals surface area contributed by atoms with E-state index in [9.17, 15) is 13.2 Å². The van der Waals surface area contributed by atoms with E-state index in [1.807, 2.05) is 6.92 Å². The number of hydrogen-bond acceptors (Lipinski definition) is 2. The van der Waals surface area contributed by atoms with Crippen molar-refractivity contribution < 1.29 is 13.2 Å². The summed E-state index contributed by atoms with van der Waals surface area (Å²) in [7, 11) is 0. The van der Waals surface area contributed by atoms with Crippen molar-refractivity contribution in [1.29, 1.82) is 0 Å². The zero-order chi connectivity index (χ0) is 12.5. The van der Waals surface area contributed by atoms with Gasteiger partial charge in [0.1, 0.15) is 5.82 Å². The first-order valence-electron chi connectivity index (χ1n) is 5.77. The fraction of sp³-hybridized carbons (Fsp3) is 0.583. The molecule has 5 heteroatoms. The van der Waals surface area contributed by atoms with Crippen molar-refractivity contribution in [3.63, 3.8) is 0 Å². The van der Waals surface area contributed by atoms with Gasteiger partial charge in [0.05, 0.1) is 5.56 Å². The highest BCUT2D eigenvalue weighted by Crippen LogP contribution is 2.35. The first kappa shape index (κ1) is 12.2. The van der Waals surface area contributed by atoms with Crippen LogP contribution in [0.1, 0.15) is 31.7 Å². The molecule has 1 aliphatic rings. The Kier molecular flexibility index (Phi) is 3.26. The second kappa shape index (κ2) is 4.55. The molecule has 1 aromatic rings. The first-order chi connectivity index (χ1) is 7.98. The van der Waals surface area contributed by atoms with Gasteiger partial charge in [0.15, 0.2) is 0 Å². The lowest BCUT2D eigenvalue weighted by molar-refractivity contribution is -0.137. The highest BCUT2D eigenvalue weighted by atomic mass is 19.4. The predicted octanol–water partition coefficient (Wildman–Crippen LogP) is 3.70. The summed E-state index contributed by atoms with van der Waals surface area (Å²) in [5.41, 5.74) is -0.689. The van der Waals surface area contributed by atoms with Gasteiger partial charge in [-0.3, -0.25) is 0 Å². The molecule has 0 amide bonds. The second-order valence-corrected chi connectivity index (χ2v) is 4.52. The van der Waals surface area contributed by atoms with E-state index in [1.54, 1.807) is 0 Å². The smallest absolute Gasteiger partial charge is 0.367 e. The van der Waals surface area contributed by atoms with Gasteiger partial charge in [-0.15, -0.1) is 0 Å². The van der Waals surface area contributed by atoms with Crippen LogP contribution >= 0.6 is 0 Å². The molecule has 0 aromatic carbocycles. The molecular weight excluding hydrogens is 229 g/mol. The number of aromatic nitrogens is 1. The van der Waals surface area contributed by atoms with E-state index in [4.69, 9.17) is 0 Å². The van der Waals surface area contributed by atoms with E-state index < -0.39 is 11.7 Å². The van der Waals surface area contributed by atoms with Crippen LogP contribution in [-0.2, 0) is 6.18 Å². The van der Waals surface area contributed by atoms with Crippen LogP contribution in [0.5, 0.6) is 0 Å². The molecule has 17 heavy (non-hydrogen) atoms. The maximum Gasteiger partial charge on any atom is 0.419 e. The summed E-state index contributed by atoms with van der Waals surface area (Å²) in [6, 6.07) is 2.41. The Morgan fingerprint density at radius 2 is 2.12 bits per heavy atom. The first-order valence-corrected chi connectivity index (χ1v) is 5.77. The third-order valence-corrected chi connectivity index (χ3v) is 3.33. The Morgan fingerprint density at radius 1 is 1.41 bits per heavy atom. The predicted molar refractivity (Wildman–Crippen MR) is 59.7 cm³/mol. The number of alkyl halides is 3. The molecule has 2 nitrogen and oxygen atoms in total. The van der Waals surface area contributed by atoms with Crippen molar-refractivity contribution >= 4 is 5.82 Å². The van der Waals surface area contributed by atoms with E-state index in [-0.39, 0.29) is 11.9 Å². The van der Waals surface area contributed by atoms with Crippen LogP contribution in [0.4, 0.5) is 19.0 Å². The Morgan fingerprint density at radius 3 is 2.65 bits per heavy atom. The molecule has 1 fully saturated rings. The molecule has 1 heterocycles. The van der Waals surface area contributed by atoms with Crippen LogP contribution < -0.4 is 5.32 Å². The van der Waals surface area contributed by atoms with Crippen LogP contribution in [0.15, 0.2) is 18.3 Å². The largest absolute Gasteiger partial charge is 0.419 e. The molecule has 2 rings (SSSR count). The number of anilines is 1. The maximum absolute atomic E-state index is 12.7. The summed E-state index contributed by atoms with van der Waals surface area (Å²) in [5, 5.41) is 2.89. The lowest BCUT2D eigenvalue weighted by atomic mass is 9.80. The summed E-state index contributed by atoms with van der Waals surface area (Å²) in [6.07, 6.45) is 0.372. The molecule has 0 radical (unpaired) electrons. The number of halogens is 3. The molecule has 0 spiro atoms. The topological polar surface area (TPSA) is 24.9 Å². The minimum Gasteiger partial charge on any atom is -0.367 e. The molecular formula is C12H15F3N2. The molecule has 94 valence electrons. The van der Waals surface area contributed by atoms with Gasteiger partial charge in [-0.2, -0.15) is 13.2 Å². The molecule has 0 bridgehead atoms. The fourth-order valence-electron chi connectivity index (χ4n) is 2.02. The Labute approximate surface area is 98.2 Å². The average Bonchev–Trinajstić information content (AvgIpc) is 2.13. The lowest BCUT2D eigenvalue weighted by Crippen LogP contribution is -2.32. The van der Waals surface area contributed by atoms with Crippen molar-refractivity contribution in [2.24, 2.45) is 5.92 Å². The summed E-state index contributed by atoms with van der Waals surface area (Å²) in [6.45, 7) is 1.92. The normalized spacial score (nSPS) is 18.6. The van der Waals surface area contributed by atoms with Gasteiger partial charge < -0.3 is 5.32 Å². The molecule has 1 atom stereocenters. The molecule has 1 aromatic heterocycles.